The van der Waals surface area contributed by atoms with Crippen LogP contribution in [0.25, 0.3) is 0 Å². The molecule has 0 aliphatic heterocycles. The number of benzene rings is 2. The Hall–Kier alpha value is -2.14. The summed E-state index contributed by atoms with van der Waals surface area (Å²) < 4.78 is 99.4. The summed E-state index contributed by atoms with van der Waals surface area (Å²) in [7, 11) is -7.56. The molecular formula is C16H15F4NO4S2. The molecule has 0 heterocycles. The molecule has 0 aliphatic rings. The second kappa shape index (κ2) is 7.12. The summed E-state index contributed by atoms with van der Waals surface area (Å²) >= 11 is 0. The summed E-state index contributed by atoms with van der Waals surface area (Å²) in [6.45, 7) is -0.449. The molecular weight excluding hydrogens is 410 g/mol. The molecule has 0 bridgehead atoms. The highest BCUT2D eigenvalue weighted by molar-refractivity contribution is 7.91. The van der Waals surface area contributed by atoms with Crippen LogP contribution in [0.4, 0.5) is 23.2 Å². The first-order valence-electron chi connectivity index (χ1n) is 7.33. The van der Waals surface area contributed by atoms with Crippen LogP contribution in [0.3, 0.4) is 0 Å². The molecule has 5 nitrogen and oxygen atoms in total. The van der Waals surface area contributed by atoms with Crippen LogP contribution in [0.15, 0.2) is 46.2 Å². The molecule has 2 aromatic carbocycles. The molecule has 0 fully saturated rings. The molecule has 2 rings (SSSR count). The molecule has 27 heavy (non-hydrogen) atoms. The fraction of sp³-hybridized carbons (Fsp3) is 0.250. The van der Waals surface area contributed by atoms with Gasteiger partial charge in [0.15, 0.2) is 19.7 Å². The van der Waals surface area contributed by atoms with Crippen molar-refractivity contribution in [3.8, 4) is 0 Å². The van der Waals surface area contributed by atoms with Crippen molar-refractivity contribution in [3.05, 3.63) is 53.3 Å². The van der Waals surface area contributed by atoms with E-state index in [1.807, 2.05) is 0 Å². The lowest BCUT2D eigenvalue weighted by molar-refractivity contribution is -0.138. The largest absolute Gasteiger partial charge is 0.416 e. The van der Waals surface area contributed by atoms with Crippen LogP contribution in [0.2, 0.25) is 0 Å². The molecule has 0 saturated carbocycles. The Kier molecular flexibility index (Phi) is 5.58. The van der Waals surface area contributed by atoms with Crippen LogP contribution in [-0.4, -0.2) is 29.3 Å². The second-order valence-corrected chi connectivity index (χ2v) is 9.85. The number of halogens is 4. The minimum Gasteiger partial charge on any atom is -0.380 e. The number of alkyl halides is 3. The van der Waals surface area contributed by atoms with E-state index in [1.54, 1.807) is 0 Å². The van der Waals surface area contributed by atoms with E-state index >= 15 is 0 Å². The molecule has 0 aliphatic carbocycles. The monoisotopic (exact) mass is 425 g/mol. The summed E-state index contributed by atoms with van der Waals surface area (Å²) in [5.74, 6) is -1.06. The van der Waals surface area contributed by atoms with Gasteiger partial charge in [0.25, 0.3) is 0 Å². The third-order valence-electron chi connectivity index (χ3n) is 3.63. The molecule has 0 atom stereocenters. The third-order valence-corrected chi connectivity index (χ3v) is 5.87. The molecule has 2 aromatic rings. The van der Waals surface area contributed by atoms with Gasteiger partial charge in [-0.25, -0.2) is 21.2 Å². The zero-order valence-electron chi connectivity index (χ0n) is 14.1. The van der Waals surface area contributed by atoms with Crippen molar-refractivity contribution in [2.45, 2.75) is 22.5 Å². The minimum atomic E-state index is -4.79. The van der Waals surface area contributed by atoms with Crippen molar-refractivity contribution in [2.75, 3.05) is 17.8 Å². The van der Waals surface area contributed by atoms with Gasteiger partial charge in [-0.15, -0.1) is 0 Å². The maximum atomic E-state index is 13.2. The highest BCUT2D eigenvalue weighted by atomic mass is 32.2. The van der Waals surface area contributed by atoms with Gasteiger partial charge in [-0.1, -0.05) is 6.07 Å². The molecule has 0 saturated heterocycles. The Bertz CT molecular complexity index is 1080. The lowest BCUT2D eigenvalue weighted by atomic mass is 10.1. The van der Waals surface area contributed by atoms with Crippen molar-refractivity contribution in [3.63, 3.8) is 0 Å². The minimum absolute atomic E-state index is 0.0673. The highest BCUT2D eigenvalue weighted by Gasteiger charge is 2.33. The van der Waals surface area contributed by atoms with Crippen molar-refractivity contribution in [2.24, 2.45) is 0 Å². The van der Waals surface area contributed by atoms with Gasteiger partial charge in [0.1, 0.15) is 5.82 Å². The topological polar surface area (TPSA) is 80.3 Å². The van der Waals surface area contributed by atoms with Gasteiger partial charge < -0.3 is 5.32 Å². The normalized spacial score (nSPS) is 12.8. The fourth-order valence-corrected chi connectivity index (χ4v) is 3.95. The predicted molar refractivity (Wildman–Crippen MR) is 91.4 cm³/mol. The standard InChI is InChI=1S/C16H15F4NO4S2/c1-26(22,23)12-5-6-14(15(8-12)27(2,24)25)21-9-10-3-4-11(17)7-13(10)16(18,19)20/h3-8,21H,9H2,1-2H3. The van der Waals surface area contributed by atoms with E-state index in [0.717, 1.165) is 42.8 Å². The average Bonchev–Trinajstić information content (AvgIpc) is 2.50. The van der Waals surface area contributed by atoms with Gasteiger partial charge in [-0.2, -0.15) is 13.2 Å². The van der Waals surface area contributed by atoms with Gasteiger partial charge in [-0.3, -0.25) is 0 Å². The summed E-state index contributed by atoms with van der Waals surface area (Å²) in [4.78, 5) is -0.618. The molecule has 0 spiro atoms. The first kappa shape index (κ1) is 21.2. The van der Waals surface area contributed by atoms with E-state index < -0.39 is 43.8 Å². The zero-order valence-corrected chi connectivity index (χ0v) is 15.8. The number of sulfone groups is 2. The molecule has 0 radical (unpaired) electrons. The smallest absolute Gasteiger partial charge is 0.380 e. The van der Waals surface area contributed by atoms with Crippen molar-refractivity contribution < 1.29 is 34.4 Å². The Balaban J connectivity index is 2.45. The van der Waals surface area contributed by atoms with E-state index in [-0.39, 0.29) is 21.0 Å². The maximum absolute atomic E-state index is 13.2. The van der Waals surface area contributed by atoms with E-state index in [2.05, 4.69) is 5.32 Å². The third kappa shape index (κ3) is 5.19. The Morgan fingerprint density at radius 2 is 1.56 bits per heavy atom. The molecule has 11 heteroatoms. The number of rotatable bonds is 5. The molecule has 0 unspecified atom stereocenters. The van der Waals surface area contributed by atoms with E-state index in [1.165, 1.54) is 0 Å². The highest BCUT2D eigenvalue weighted by Crippen LogP contribution is 2.33. The zero-order chi connectivity index (χ0) is 20.6. The molecule has 1 N–H and O–H groups in total. The van der Waals surface area contributed by atoms with Gasteiger partial charge in [0, 0.05) is 19.1 Å². The van der Waals surface area contributed by atoms with Gasteiger partial charge in [-0.05, 0) is 35.9 Å². The Labute approximate surface area is 153 Å². The van der Waals surface area contributed by atoms with Crippen LogP contribution in [-0.2, 0) is 32.4 Å². The van der Waals surface area contributed by atoms with E-state index in [0.29, 0.717) is 6.07 Å². The van der Waals surface area contributed by atoms with E-state index in [9.17, 15) is 34.4 Å². The SMILES string of the molecule is CS(=O)(=O)c1ccc(NCc2ccc(F)cc2C(F)(F)F)c(S(C)(=O)=O)c1. The van der Waals surface area contributed by atoms with Crippen molar-refractivity contribution in [1.29, 1.82) is 0 Å². The fourth-order valence-electron chi connectivity index (χ4n) is 2.34. The van der Waals surface area contributed by atoms with Crippen molar-refractivity contribution in [1.82, 2.24) is 0 Å². The quantitative estimate of drug-likeness (QED) is 0.744. The van der Waals surface area contributed by atoms with Crippen LogP contribution < -0.4 is 5.32 Å². The average molecular weight is 425 g/mol. The predicted octanol–water partition coefficient (Wildman–Crippen LogP) is 3.26. The number of hydrogen-bond acceptors (Lipinski definition) is 5. The molecule has 148 valence electrons. The summed E-state index contributed by atoms with van der Waals surface area (Å²) in [6.07, 6.45) is -3.05. The number of nitrogens with one attached hydrogen (secondary N) is 1. The summed E-state index contributed by atoms with van der Waals surface area (Å²) in [5.41, 5.74) is -1.55. The van der Waals surface area contributed by atoms with Crippen molar-refractivity contribution >= 4 is 25.4 Å². The van der Waals surface area contributed by atoms with Crippen LogP contribution in [0.1, 0.15) is 11.1 Å². The first-order chi connectivity index (χ1) is 12.2. The van der Waals surface area contributed by atoms with E-state index in [4.69, 9.17) is 0 Å². The van der Waals surface area contributed by atoms with Gasteiger partial charge in [0.2, 0.25) is 0 Å². The summed E-state index contributed by atoms with van der Waals surface area (Å²) in [6, 6.07) is 5.38. The number of anilines is 1. The lowest BCUT2D eigenvalue weighted by Crippen LogP contribution is -2.13. The van der Waals surface area contributed by atoms with Crippen LogP contribution in [0, 0.1) is 5.82 Å². The second-order valence-electron chi connectivity index (χ2n) is 5.86. The Morgan fingerprint density at radius 3 is 2.07 bits per heavy atom. The van der Waals surface area contributed by atoms with Gasteiger partial charge >= 0.3 is 6.18 Å². The Morgan fingerprint density at radius 1 is 0.926 bits per heavy atom. The number of hydrogen-bond donors (Lipinski definition) is 1. The summed E-state index contributed by atoms with van der Waals surface area (Å²) in [5, 5.41) is 2.55. The van der Waals surface area contributed by atoms with Crippen LogP contribution in [0.5, 0.6) is 0 Å². The lowest BCUT2D eigenvalue weighted by Gasteiger charge is -2.16. The maximum Gasteiger partial charge on any atom is 0.416 e. The van der Waals surface area contributed by atoms with Crippen LogP contribution >= 0.6 is 0 Å². The first-order valence-corrected chi connectivity index (χ1v) is 11.1. The molecule has 0 aromatic heterocycles. The molecule has 0 amide bonds. The van der Waals surface area contributed by atoms with Gasteiger partial charge in [0.05, 0.1) is 21.0 Å².